The third-order valence-electron chi connectivity index (χ3n) is 1.98. The van der Waals surface area contributed by atoms with Crippen LogP contribution in [0.3, 0.4) is 0 Å². The minimum absolute atomic E-state index is 0.231. The highest BCUT2D eigenvalue weighted by Gasteiger charge is 2.11. The smallest absolute Gasteiger partial charge is 0.336 e. The first-order valence-electron chi connectivity index (χ1n) is 4.27. The van der Waals surface area contributed by atoms with E-state index in [0.29, 0.717) is 6.54 Å². The fourth-order valence-electron chi connectivity index (χ4n) is 1.35. The first kappa shape index (κ1) is 7.98. The van der Waals surface area contributed by atoms with Gasteiger partial charge < -0.3 is 5.32 Å². The normalized spacial score (nSPS) is 16.3. The number of benzene rings is 1. The molecular weight excluding hydrogens is 164 g/mol. The molecule has 13 heavy (non-hydrogen) atoms. The van der Waals surface area contributed by atoms with Gasteiger partial charge in [-0.15, -0.1) is 0 Å². The van der Waals surface area contributed by atoms with Gasteiger partial charge >= 0.3 is 6.03 Å². The summed E-state index contributed by atoms with van der Waals surface area (Å²) in [6, 6.07) is 9.56. The number of nitrogens with zero attached hydrogens (tertiary/aromatic N) is 1. The Labute approximate surface area is 76.5 Å². The van der Waals surface area contributed by atoms with E-state index in [1.165, 1.54) is 0 Å². The molecule has 0 aromatic heterocycles. The molecule has 1 aliphatic heterocycles. The average molecular weight is 174 g/mol. The average Bonchev–Trinajstić information content (AvgIpc) is 2.19. The molecule has 3 nitrogen and oxygen atoms in total. The molecule has 0 bridgehead atoms. The zero-order valence-corrected chi connectivity index (χ0v) is 7.16. The second-order valence-corrected chi connectivity index (χ2v) is 2.91. The van der Waals surface area contributed by atoms with Crippen LogP contribution in [0, 0.1) is 0 Å². The van der Waals surface area contributed by atoms with Gasteiger partial charge in [-0.25, -0.2) is 4.79 Å². The molecule has 1 aromatic carbocycles. The van der Waals surface area contributed by atoms with Crippen LogP contribution in [0.5, 0.6) is 0 Å². The van der Waals surface area contributed by atoms with Gasteiger partial charge in [-0.1, -0.05) is 30.3 Å². The van der Waals surface area contributed by atoms with Crippen molar-refractivity contribution >= 4 is 11.7 Å². The fourth-order valence-corrected chi connectivity index (χ4v) is 1.35. The molecule has 0 aliphatic carbocycles. The molecule has 2 amide bonds. The van der Waals surface area contributed by atoms with E-state index in [1.807, 2.05) is 30.3 Å². The Morgan fingerprint density at radius 3 is 2.69 bits per heavy atom. The van der Waals surface area contributed by atoms with Crippen LogP contribution < -0.4 is 5.32 Å². The molecule has 1 heterocycles. The zero-order chi connectivity index (χ0) is 9.10. The van der Waals surface area contributed by atoms with Gasteiger partial charge in [-0.2, -0.15) is 4.99 Å². The van der Waals surface area contributed by atoms with Crippen molar-refractivity contribution in [3.05, 3.63) is 35.9 Å². The van der Waals surface area contributed by atoms with E-state index < -0.39 is 0 Å². The second kappa shape index (κ2) is 3.39. The molecule has 2 rings (SSSR count). The van der Waals surface area contributed by atoms with Gasteiger partial charge in [-0.3, -0.25) is 0 Å². The van der Waals surface area contributed by atoms with Crippen molar-refractivity contribution in [3.63, 3.8) is 0 Å². The third-order valence-corrected chi connectivity index (χ3v) is 1.98. The zero-order valence-electron chi connectivity index (χ0n) is 7.16. The van der Waals surface area contributed by atoms with Gasteiger partial charge in [0.1, 0.15) is 0 Å². The standard InChI is InChI=1S/C10H10N2O/c13-10-11-7-6-9(12-10)8-4-2-1-3-5-8/h1-5H,6-7H2,(H,11,13). The molecule has 66 valence electrons. The molecular formula is C10H10N2O. The van der Waals surface area contributed by atoms with Gasteiger partial charge in [0.2, 0.25) is 0 Å². The Hall–Kier alpha value is -1.64. The van der Waals surface area contributed by atoms with Crippen LogP contribution in [0.2, 0.25) is 0 Å². The number of carbonyl (C=O) groups excluding carboxylic acids is 1. The minimum atomic E-state index is -0.231. The number of aliphatic imine (C=N–C) groups is 1. The van der Waals surface area contributed by atoms with E-state index in [9.17, 15) is 4.79 Å². The van der Waals surface area contributed by atoms with Crippen LogP contribution in [0.25, 0.3) is 0 Å². The van der Waals surface area contributed by atoms with Crippen molar-refractivity contribution in [1.82, 2.24) is 5.32 Å². The summed E-state index contributed by atoms with van der Waals surface area (Å²) in [6.45, 7) is 0.687. The van der Waals surface area contributed by atoms with Crippen LogP contribution in [-0.2, 0) is 0 Å². The van der Waals surface area contributed by atoms with Crippen molar-refractivity contribution < 1.29 is 4.79 Å². The van der Waals surface area contributed by atoms with E-state index >= 15 is 0 Å². The third kappa shape index (κ3) is 1.75. The van der Waals surface area contributed by atoms with Gasteiger partial charge in [0, 0.05) is 13.0 Å². The SMILES string of the molecule is O=C1N=C(c2ccccc2)CCN1. The second-order valence-electron chi connectivity index (χ2n) is 2.91. The fraction of sp³-hybridized carbons (Fsp3) is 0.200. The summed E-state index contributed by atoms with van der Waals surface area (Å²) < 4.78 is 0. The van der Waals surface area contributed by atoms with E-state index in [0.717, 1.165) is 17.7 Å². The Bertz CT molecular complexity index is 343. The lowest BCUT2D eigenvalue weighted by Crippen LogP contribution is -2.29. The lowest BCUT2D eigenvalue weighted by molar-refractivity contribution is 0.248. The summed E-state index contributed by atoms with van der Waals surface area (Å²) in [7, 11) is 0. The number of amides is 2. The highest BCUT2D eigenvalue weighted by molar-refractivity contribution is 6.07. The topological polar surface area (TPSA) is 41.5 Å². The molecule has 0 radical (unpaired) electrons. The molecule has 0 unspecified atom stereocenters. The number of carbonyl (C=O) groups is 1. The first-order valence-corrected chi connectivity index (χ1v) is 4.27. The Kier molecular flexibility index (Phi) is 2.08. The predicted molar refractivity (Wildman–Crippen MR) is 51.0 cm³/mol. The summed E-state index contributed by atoms with van der Waals surface area (Å²) in [4.78, 5) is 14.9. The van der Waals surface area contributed by atoms with Crippen LogP contribution in [0.4, 0.5) is 4.79 Å². The van der Waals surface area contributed by atoms with Gasteiger partial charge in [0.25, 0.3) is 0 Å². The first-order chi connectivity index (χ1) is 6.36. The van der Waals surface area contributed by atoms with Crippen LogP contribution in [0.1, 0.15) is 12.0 Å². The summed E-state index contributed by atoms with van der Waals surface area (Å²) in [5.41, 5.74) is 1.92. The van der Waals surface area contributed by atoms with Gasteiger partial charge in [0.15, 0.2) is 0 Å². The predicted octanol–water partition coefficient (Wildman–Crippen LogP) is 1.59. The number of nitrogens with one attached hydrogen (secondary N) is 1. The minimum Gasteiger partial charge on any atom is -0.336 e. The van der Waals surface area contributed by atoms with Crippen molar-refractivity contribution in [1.29, 1.82) is 0 Å². The molecule has 1 aliphatic rings. The maximum atomic E-state index is 10.9. The quantitative estimate of drug-likeness (QED) is 0.690. The van der Waals surface area contributed by atoms with Crippen LogP contribution >= 0.6 is 0 Å². The summed E-state index contributed by atoms with van der Waals surface area (Å²) in [6.07, 6.45) is 0.815. The number of urea groups is 1. The van der Waals surface area contributed by atoms with Gasteiger partial charge in [0.05, 0.1) is 5.71 Å². The maximum Gasteiger partial charge on any atom is 0.341 e. The summed E-state index contributed by atoms with van der Waals surface area (Å²) >= 11 is 0. The largest absolute Gasteiger partial charge is 0.341 e. The van der Waals surface area contributed by atoms with Crippen molar-refractivity contribution in [3.8, 4) is 0 Å². The van der Waals surface area contributed by atoms with Crippen molar-refractivity contribution in [2.24, 2.45) is 4.99 Å². The van der Waals surface area contributed by atoms with Crippen LogP contribution in [0.15, 0.2) is 35.3 Å². The number of rotatable bonds is 1. The van der Waals surface area contributed by atoms with E-state index in [2.05, 4.69) is 10.3 Å². The number of hydrogen-bond donors (Lipinski definition) is 1. The molecule has 1 N–H and O–H groups in total. The lowest BCUT2D eigenvalue weighted by Gasteiger charge is -2.11. The molecule has 0 saturated heterocycles. The molecule has 3 heteroatoms. The molecule has 0 saturated carbocycles. The lowest BCUT2D eigenvalue weighted by atomic mass is 10.1. The maximum absolute atomic E-state index is 10.9. The molecule has 0 fully saturated rings. The van der Waals surface area contributed by atoms with E-state index in [1.54, 1.807) is 0 Å². The summed E-state index contributed by atoms with van der Waals surface area (Å²) in [5, 5.41) is 2.66. The van der Waals surface area contributed by atoms with Crippen LogP contribution in [-0.4, -0.2) is 18.3 Å². The Balaban J connectivity index is 2.31. The highest BCUT2D eigenvalue weighted by atomic mass is 16.2. The molecule has 0 atom stereocenters. The highest BCUT2D eigenvalue weighted by Crippen LogP contribution is 2.06. The van der Waals surface area contributed by atoms with E-state index in [4.69, 9.17) is 0 Å². The Morgan fingerprint density at radius 1 is 1.23 bits per heavy atom. The van der Waals surface area contributed by atoms with E-state index in [-0.39, 0.29) is 6.03 Å². The molecule has 0 spiro atoms. The van der Waals surface area contributed by atoms with Crippen molar-refractivity contribution in [2.75, 3.05) is 6.54 Å². The number of hydrogen-bond acceptors (Lipinski definition) is 1. The molecule has 1 aromatic rings. The van der Waals surface area contributed by atoms with Crippen molar-refractivity contribution in [2.45, 2.75) is 6.42 Å². The van der Waals surface area contributed by atoms with Gasteiger partial charge in [-0.05, 0) is 5.56 Å². The monoisotopic (exact) mass is 174 g/mol. The summed E-state index contributed by atoms with van der Waals surface area (Å²) in [5.74, 6) is 0. The Morgan fingerprint density at radius 2 is 2.00 bits per heavy atom.